The first-order chi connectivity index (χ1) is 14.8. The van der Waals surface area contributed by atoms with E-state index in [1.807, 2.05) is 4.57 Å². The van der Waals surface area contributed by atoms with Crippen LogP contribution in [-0.4, -0.2) is 36.3 Å². The molecule has 0 aliphatic carbocycles. The van der Waals surface area contributed by atoms with Crippen LogP contribution in [0.5, 0.6) is 0 Å². The van der Waals surface area contributed by atoms with E-state index in [0.717, 1.165) is 23.1 Å². The summed E-state index contributed by atoms with van der Waals surface area (Å²) in [7, 11) is -3.50. The second-order valence-electron chi connectivity index (χ2n) is 7.74. The largest absolute Gasteiger partial charge is 0.312 e. The van der Waals surface area contributed by atoms with Crippen LogP contribution >= 0.6 is 11.3 Å². The molecule has 0 saturated carbocycles. The van der Waals surface area contributed by atoms with Gasteiger partial charge in [-0.1, -0.05) is 17.4 Å². The lowest BCUT2D eigenvalue weighted by molar-refractivity contribution is 0.0998. The zero-order chi connectivity index (χ0) is 22.2. The Morgan fingerprint density at radius 2 is 1.77 bits per heavy atom. The van der Waals surface area contributed by atoms with Crippen molar-refractivity contribution in [2.75, 3.05) is 13.1 Å². The fourth-order valence-electron chi connectivity index (χ4n) is 3.71. The first-order valence-corrected chi connectivity index (χ1v) is 12.5. The maximum atomic E-state index is 12.8. The highest BCUT2D eigenvalue weighted by Crippen LogP contribution is 2.23. The quantitative estimate of drug-likeness (QED) is 0.545. The molecule has 0 radical (unpaired) electrons. The molecule has 2 heterocycles. The van der Waals surface area contributed by atoms with E-state index in [0.29, 0.717) is 30.0 Å². The zero-order valence-corrected chi connectivity index (χ0v) is 19.3. The number of allylic oxidation sites excluding steroid dienone is 1. The van der Waals surface area contributed by atoms with Crippen LogP contribution in [0.2, 0.25) is 0 Å². The molecule has 162 valence electrons. The van der Waals surface area contributed by atoms with Crippen molar-refractivity contribution in [3.63, 3.8) is 0 Å². The van der Waals surface area contributed by atoms with Gasteiger partial charge in [-0.25, -0.2) is 8.42 Å². The van der Waals surface area contributed by atoms with Crippen LogP contribution in [0.3, 0.4) is 0 Å². The summed E-state index contributed by atoms with van der Waals surface area (Å²) in [6.07, 6.45) is 3.55. The summed E-state index contributed by atoms with van der Waals surface area (Å²) in [6, 6.07) is 10.3. The third-order valence-corrected chi connectivity index (χ3v) is 8.57. The van der Waals surface area contributed by atoms with Gasteiger partial charge in [-0.3, -0.25) is 4.79 Å². The summed E-state index contributed by atoms with van der Waals surface area (Å²) < 4.78 is 29.9. The van der Waals surface area contributed by atoms with Gasteiger partial charge < -0.3 is 4.57 Å². The van der Waals surface area contributed by atoms with E-state index >= 15 is 0 Å². The fourth-order valence-corrected chi connectivity index (χ4v) is 6.35. The SMILES string of the molecule is C=CCn1c(=NC(=O)c2ccc(S(=O)(=O)N3CCCC3)cc2)sc2cc(C)c(C)cc21. The Hall–Kier alpha value is -2.55. The minimum Gasteiger partial charge on any atom is -0.312 e. The molecular formula is C23H25N3O3S2. The van der Waals surface area contributed by atoms with Gasteiger partial charge in [-0.15, -0.1) is 6.58 Å². The number of benzene rings is 2. The third kappa shape index (κ3) is 4.15. The molecule has 0 atom stereocenters. The van der Waals surface area contributed by atoms with Gasteiger partial charge in [-0.05, 0) is 74.2 Å². The molecule has 1 fully saturated rings. The maximum Gasteiger partial charge on any atom is 0.279 e. The number of aryl methyl sites for hydroxylation is 2. The number of carbonyl (C=O) groups excluding carboxylic acids is 1. The van der Waals surface area contributed by atoms with Crippen molar-refractivity contribution < 1.29 is 13.2 Å². The Labute approximate surface area is 186 Å². The highest BCUT2D eigenvalue weighted by atomic mass is 32.2. The average molecular weight is 456 g/mol. The number of sulfonamides is 1. The van der Waals surface area contributed by atoms with Gasteiger partial charge in [0.05, 0.1) is 15.1 Å². The fraction of sp³-hybridized carbons (Fsp3) is 0.304. The third-order valence-electron chi connectivity index (χ3n) is 5.61. The standard InChI is InChI=1S/C23H25N3O3S2/c1-4-11-26-20-14-16(2)17(3)15-21(20)30-23(26)24-22(27)18-7-9-19(10-8-18)31(28,29)25-12-5-6-13-25/h4,7-10,14-15H,1,5-6,11-13H2,2-3H3. The first kappa shape index (κ1) is 21.7. The highest BCUT2D eigenvalue weighted by molar-refractivity contribution is 7.89. The van der Waals surface area contributed by atoms with Crippen LogP contribution in [-0.2, 0) is 16.6 Å². The predicted molar refractivity (Wildman–Crippen MR) is 124 cm³/mol. The summed E-state index contributed by atoms with van der Waals surface area (Å²) in [6.45, 7) is 9.58. The van der Waals surface area contributed by atoms with E-state index in [-0.39, 0.29) is 4.90 Å². The van der Waals surface area contributed by atoms with Crippen molar-refractivity contribution in [3.8, 4) is 0 Å². The lowest BCUT2D eigenvalue weighted by Gasteiger charge is -2.15. The first-order valence-electron chi connectivity index (χ1n) is 10.2. The molecule has 1 aliphatic heterocycles. The monoisotopic (exact) mass is 455 g/mol. The van der Waals surface area contributed by atoms with Crippen molar-refractivity contribution in [1.29, 1.82) is 0 Å². The molecule has 1 aromatic heterocycles. The Balaban J connectivity index is 1.69. The lowest BCUT2D eigenvalue weighted by atomic mass is 10.1. The van der Waals surface area contributed by atoms with Crippen molar-refractivity contribution in [1.82, 2.24) is 8.87 Å². The van der Waals surface area contributed by atoms with Crippen molar-refractivity contribution in [2.45, 2.75) is 38.1 Å². The second kappa shape index (κ2) is 8.53. The van der Waals surface area contributed by atoms with Gasteiger partial charge in [0.1, 0.15) is 0 Å². The molecule has 31 heavy (non-hydrogen) atoms. The zero-order valence-electron chi connectivity index (χ0n) is 17.7. The molecule has 8 heteroatoms. The number of hydrogen-bond acceptors (Lipinski definition) is 4. The molecule has 1 saturated heterocycles. The topological polar surface area (TPSA) is 71.7 Å². The number of fused-ring (bicyclic) bond motifs is 1. The Kier molecular flexibility index (Phi) is 5.96. The number of thiazole rings is 1. The smallest absolute Gasteiger partial charge is 0.279 e. The molecule has 0 spiro atoms. The van der Waals surface area contributed by atoms with Crippen LogP contribution in [0.25, 0.3) is 10.2 Å². The maximum absolute atomic E-state index is 12.8. The lowest BCUT2D eigenvalue weighted by Crippen LogP contribution is -2.27. The van der Waals surface area contributed by atoms with Gasteiger partial charge in [0.15, 0.2) is 4.80 Å². The molecule has 2 aromatic carbocycles. The Bertz CT molecular complexity index is 1330. The molecule has 4 rings (SSSR count). The van der Waals surface area contributed by atoms with Crippen molar-refractivity contribution >= 4 is 37.5 Å². The highest BCUT2D eigenvalue weighted by Gasteiger charge is 2.27. The predicted octanol–water partition coefficient (Wildman–Crippen LogP) is 4.03. The normalized spacial score (nSPS) is 15.6. The number of hydrogen-bond donors (Lipinski definition) is 0. The van der Waals surface area contributed by atoms with Crippen LogP contribution in [0.15, 0.2) is 58.9 Å². The van der Waals surface area contributed by atoms with E-state index in [1.54, 1.807) is 6.08 Å². The van der Waals surface area contributed by atoms with Gasteiger partial charge >= 0.3 is 0 Å². The van der Waals surface area contributed by atoms with E-state index in [9.17, 15) is 13.2 Å². The van der Waals surface area contributed by atoms with Crippen LogP contribution in [0.1, 0.15) is 34.3 Å². The molecule has 6 nitrogen and oxygen atoms in total. The number of carbonyl (C=O) groups is 1. The molecule has 3 aromatic rings. The van der Waals surface area contributed by atoms with Crippen LogP contribution in [0, 0.1) is 13.8 Å². The molecule has 0 N–H and O–H groups in total. The number of nitrogens with zero attached hydrogens (tertiary/aromatic N) is 3. The molecule has 0 unspecified atom stereocenters. The molecular weight excluding hydrogens is 430 g/mol. The van der Waals surface area contributed by atoms with Gasteiger partial charge in [0.2, 0.25) is 10.0 Å². The van der Waals surface area contributed by atoms with Crippen molar-refractivity contribution in [2.24, 2.45) is 4.99 Å². The van der Waals surface area contributed by atoms with Crippen LogP contribution in [0.4, 0.5) is 0 Å². The molecule has 0 bridgehead atoms. The number of rotatable bonds is 5. The van der Waals surface area contributed by atoms with E-state index in [1.165, 1.54) is 51.0 Å². The van der Waals surface area contributed by atoms with E-state index < -0.39 is 15.9 Å². The van der Waals surface area contributed by atoms with Gasteiger partial charge in [0.25, 0.3) is 5.91 Å². The van der Waals surface area contributed by atoms with E-state index in [2.05, 4.69) is 37.6 Å². The summed E-state index contributed by atoms with van der Waals surface area (Å²) in [5.74, 6) is -0.400. The average Bonchev–Trinajstić information content (AvgIpc) is 3.39. The Morgan fingerprint density at radius 1 is 1.13 bits per heavy atom. The summed E-state index contributed by atoms with van der Waals surface area (Å²) in [4.78, 5) is 18.0. The summed E-state index contributed by atoms with van der Waals surface area (Å²) in [5, 5.41) is 0. The number of amides is 1. The minimum atomic E-state index is -3.50. The van der Waals surface area contributed by atoms with Crippen molar-refractivity contribution in [3.05, 3.63) is 70.5 Å². The van der Waals surface area contributed by atoms with Crippen LogP contribution < -0.4 is 4.80 Å². The molecule has 1 amide bonds. The van der Waals surface area contributed by atoms with E-state index in [4.69, 9.17) is 0 Å². The second-order valence-corrected chi connectivity index (χ2v) is 10.7. The van der Waals surface area contributed by atoms with Gasteiger partial charge in [-0.2, -0.15) is 9.30 Å². The minimum absolute atomic E-state index is 0.209. The summed E-state index contributed by atoms with van der Waals surface area (Å²) in [5.41, 5.74) is 3.74. The van der Waals surface area contributed by atoms with Gasteiger partial charge in [0, 0.05) is 25.2 Å². The Morgan fingerprint density at radius 3 is 2.42 bits per heavy atom. The summed E-state index contributed by atoms with van der Waals surface area (Å²) >= 11 is 1.46. The number of aromatic nitrogens is 1. The molecule has 1 aliphatic rings.